The van der Waals surface area contributed by atoms with Gasteiger partial charge < -0.3 is 4.74 Å². The summed E-state index contributed by atoms with van der Waals surface area (Å²) < 4.78 is 18.2. The molecule has 0 amide bonds. The zero-order valence-electron chi connectivity index (χ0n) is 6.05. The first-order valence-electron chi connectivity index (χ1n) is 4.12. The quantitative estimate of drug-likeness (QED) is 0.504. The van der Waals surface area contributed by atoms with Gasteiger partial charge in [0.25, 0.3) is 0 Å². The lowest BCUT2D eigenvalue weighted by atomic mass is 9.85. The second-order valence-electron chi connectivity index (χ2n) is 3.37. The van der Waals surface area contributed by atoms with Crippen molar-refractivity contribution in [2.75, 3.05) is 6.61 Å². The van der Waals surface area contributed by atoms with E-state index in [0.717, 1.165) is 32.3 Å². The van der Waals surface area contributed by atoms with E-state index < -0.39 is 6.17 Å². The number of ether oxygens (including phenoxy) is 1. The van der Waals surface area contributed by atoms with Crippen molar-refractivity contribution in [3.8, 4) is 0 Å². The van der Waals surface area contributed by atoms with E-state index in [2.05, 4.69) is 0 Å². The summed E-state index contributed by atoms with van der Waals surface area (Å²) in [4.78, 5) is 0. The molecule has 2 heteroatoms. The first kappa shape index (κ1) is 6.59. The first-order valence-corrected chi connectivity index (χ1v) is 4.12. The lowest BCUT2D eigenvalue weighted by molar-refractivity contribution is 0.0435. The van der Waals surface area contributed by atoms with E-state index in [4.69, 9.17) is 4.74 Å². The van der Waals surface area contributed by atoms with Gasteiger partial charge in [0.1, 0.15) is 6.17 Å². The zero-order valence-corrected chi connectivity index (χ0v) is 6.05. The second-order valence-corrected chi connectivity index (χ2v) is 3.37. The van der Waals surface area contributed by atoms with Crippen LogP contribution in [0.5, 0.6) is 0 Å². The van der Waals surface area contributed by atoms with Gasteiger partial charge in [-0.3, -0.25) is 0 Å². The summed E-state index contributed by atoms with van der Waals surface area (Å²) in [5, 5.41) is 0. The highest BCUT2D eigenvalue weighted by Crippen LogP contribution is 2.35. The lowest BCUT2D eigenvalue weighted by Crippen LogP contribution is -2.26. The van der Waals surface area contributed by atoms with Crippen LogP contribution in [0, 0.1) is 5.92 Å². The molecule has 10 heavy (non-hydrogen) atoms. The average Bonchev–Trinajstić information content (AvgIpc) is 2.33. The van der Waals surface area contributed by atoms with Gasteiger partial charge in [-0.25, -0.2) is 4.39 Å². The molecule has 0 N–H and O–H groups in total. The third-order valence-corrected chi connectivity index (χ3v) is 2.67. The van der Waals surface area contributed by atoms with Gasteiger partial charge in [0.15, 0.2) is 0 Å². The number of hydrogen-bond acceptors (Lipinski definition) is 1. The van der Waals surface area contributed by atoms with Gasteiger partial charge in [-0.05, 0) is 31.6 Å². The van der Waals surface area contributed by atoms with Crippen molar-refractivity contribution in [3.63, 3.8) is 0 Å². The normalized spacial score (nSPS) is 47.1. The van der Waals surface area contributed by atoms with E-state index in [-0.39, 0.29) is 0 Å². The van der Waals surface area contributed by atoms with Crippen LogP contribution in [-0.4, -0.2) is 18.9 Å². The summed E-state index contributed by atoms with van der Waals surface area (Å²) in [5.74, 6) is 0.545. The molecule has 1 nitrogen and oxygen atoms in total. The number of rotatable bonds is 0. The highest BCUT2D eigenvalue weighted by atomic mass is 19.1. The summed E-state index contributed by atoms with van der Waals surface area (Å²) in [6, 6.07) is 0. The Morgan fingerprint density at radius 1 is 1.20 bits per heavy atom. The number of hydrogen-bond donors (Lipinski definition) is 0. The maximum atomic E-state index is 12.8. The summed E-state index contributed by atoms with van der Waals surface area (Å²) in [7, 11) is 0. The van der Waals surface area contributed by atoms with Crippen molar-refractivity contribution in [1.82, 2.24) is 0 Å². The molecule has 0 aromatic rings. The van der Waals surface area contributed by atoms with Crippen LogP contribution in [0.15, 0.2) is 0 Å². The van der Waals surface area contributed by atoms with Crippen molar-refractivity contribution >= 4 is 0 Å². The lowest BCUT2D eigenvalue weighted by Gasteiger charge is -2.25. The van der Waals surface area contributed by atoms with Crippen LogP contribution < -0.4 is 0 Å². The molecular formula is C8H13FO. The Balaban J connectivity index is 1.96. The van der Waals surface area contributed by atoms with Crippen molar-refractivity contribution in [2.24, 2.45) is 5.92 Å². The fourth-order valence-electron chi connectivity index (χ4n) is 2.07. The van der Waals surface area contributed by atoms with E-state index in [0.29, 0.717) is 12.0 Å². The third kappa shape index (κ3) is 1.05. The topological polar surface area (TPSA) is 9.23 Å². The summed E-state index contributed by atoms with van der Waals surface area (Å²) in [6.45, 7) is 0.863. The first-order chi connectivity index (χ1) is 4.86. The predicted molar refractivity (Wildman–Crippen MR) is 36.6 cm³/mol. The Labute approximate surface area is 60.6 Å². The zero-order chi connectivity index (χ0) is 6.97. The molecule has 2 fully saturated rings. The fraction of sp³-hybridized carbons (Fsp3) is 1.00. The maximum absolute atomic E-state index is 12.8. The Kier molecular flexibility index (Phi) is 1.65. The van der Waals surface area contributed by atoms with E-state index in [1.54, 1.807) is 0 Å². The molecule has 58 valence electrons. The van der Waals surface area contributed by atoms with Crippen LogP contribution in [0.3, 0.4) is 0 Å². The number of fused-ring (bicyclic) bond motifs is 1. The minimum Gasteiger partial charge on any atom is -0.378 e. The van der Waals surface area contributed by atoms with Crippen LogP contribution in [0.25, 0.3) is 0 Å². The third-order valence-electron chi connectivity index (χ3n) is 2.67. The molecule has 1 saturated carbocycles. The molecule has 3 unspecified atom stereocenters. The molecule has 2 aliphatic rings. The van der Waals surface area contributed by atoms with Crippen molar-refractivity contribution in [1.29, 1.82) is 0 Å². The van der Waals surface area contributed by atoms with E-state index in [9.17, 15) is 4.39 Å². The van der Waals surface area contributed by atoms with Crippen LogP contribution in [0.2, 0.25) is 0 Å². The molecule has 1 aliphatic heterocycles. The Morgan fingerprint density at radius 2 is 2.10 bits per heavy atom. The average molecular weight is 144 g/mol. The van der Waals surface area contributed by atoms with Gasteiger partial charge >= 0.3 is 0 Å². The van der Waals surface area contributed by atoms with E-state index in [1.165, 1.54) is 0 Å². The molecule has 0 aromatic heterocycles. The van der Waals surface area contributed by atoms with Crippen LogP contribution in [0.4, 0.5) is 4.39 Å². The van der Waals surface area contributed by atoms with Gasteiger partial charge in [0.05, 0.1) is 6.10 Å². The summed E-state index contributed by atoms with van der Waals surface area (Å²) in [5.41, 5.74) is 0. The van der Waals surface area contributed by atoms with Gasteiger partial charge in [-0.1, -0.05) is 0 Å². The summed E-state index contributed by atoms with van der Waals surface area (Å²) >= 11 is 0. The Hall–Kier alpha value is -0.110. The van der Waals surface area contributed by atoms with Crippen LogP contribution in [-0.2, 0) is 4.74 Å². The molecular weight excluding hydrogens is 131 g/mol. The molecule has 3 atom stereocenters. The molecule has 0 spiro atoms. The minimum atomic E-state index is -0.539. The molecule has 0 aromatic carbocycles. The number of halogens is 1. The van der Waals surface area contributed by atoms with E-state index >= 15 is 0 Å². The highest BCUT2D eigenvalue weighted by molar-refractivity contribution is 4.84. The number of alkyl halides is 1. The molecule has 2 rings (SSSR count). The highest BCUT2D eigenvalue weighted by Gasteiger charge is 2.34. The van der Waals surface area contributed by atoms with Gasteiger partial charge in [-0.15, -0.1) is 0 Å². The molecule has 1 heterocycles. The van der Waals surface area contributed by atoms with E-state index in [1.807, 2.05) is 0 Å². The monoisotopic (exact) mass is 144 g/mol. The van der Waals surface area contributed by atoms with Crippen molar-refractivity contribution in [3.05, 3.63) is 0 Å². The van der Waals surface area contributed by atoms with Crippen LogP contribution >= 0.6 is 0 Å². The molecule has 0 radical (unpaired) electrons. The SMILES string of the molecule is FC1CCC2OCCC2C1. The molecule has 1 aliphatic carbocycles. The smallest absolute Gasteiger partial charge is 0.101 e. The van der Waals surface area contributed by atoms with Gasteiger partial charge in [0, 0.05) is 6.61 Å². The minimum absolute atomic E-state index is 0.409. The second kappa shape index (κ2) is 2.50. The fourth-order valence-corrected chi connectivity index (χ4v) is 2.07. The summed E-state index contributed by atoms with van der Waals surface area (Å²) in [6.07, 6.45) is 3.39. The van der Waals surface area contributed by atoms with Crippen molar-refractivity contribution in [2.45, 2.75) is 38.0 Å². The molecule has 0 bridgehead atoms. The Morgan fingerprint density at radius 3 is 3.00 bits per heavy atom. The molecule has 1 saturated heterocycles. The van der Waals surface area contributed by atoms with Gasteiger partial charge in [-0.2, -0.15) is 0 Å². The predicted octanol–water partition coefficient (Wildman–Crippen LogP) is 1.91. The largest absolute Gasteiger partial charge is 0.378 e. The standard InChI is InChI=1S/C8H13FO/c9-7-1-2-8-6(5-7)3-4-10-8/h6-8H,1-5H2. The maximum Gasteiger partial charge on any atom is 0.101 e. The van der Waals surface area contributed by atoms with Crippen LogP contribution in [0.1, 0.15) is 25.7 Å². The van der Waals surface area contributed by atoms with Crippen molar-refractivity contribution < 1.29 is 9.13 Å². The Bertz CT molecular complexity index is 126. The van der Waals surface area contributed by atoms with Gasteiger partial charge in [0.2, 0.25) is 0 Å².